The number of fused-ring (bicyclic) bond motifs is 1. The van der Waals surface area contributed by atoms with Gasteiger partial charge in [-0.05, 0) is 19.4 Å². The van der Waals surface area contributed by atoms with Crippen molar-refractivity contribution in [1.82, 2.24) is 19.7 Å². The Labute approximate surface area is 145 Å². The molecule has 3 rings (SSSR count). The first-order chi connectivity index (χ1) is 11.1. The zero-order valence-corrected chi connectivity index (χ0v) is 15.0. The number of hydrogen-bond donors (Lipinski definition) is 0. The maximum atomic E-state index is 11.7. The van der Waals surface area contributed by atoms with Crippen LogP contribution in [0.2, 0.25) is 4.47 Å². The van der Waals surface area contributed by atoms with Gasteiger partial charge in [0, 0.05) is 30.7 Å². The number of rotatable bonds is 5. The molecule has 1 fully saturated rings. The van der Waals surface area contributed by atoms with Crippen LogP contribution < -0.4 is 0 Å². The normalized spacial score (nSPS) is 18.6. The molecule has 1 aromatic heterocycles. The Morgan fingerprint density at radius 2 is 2.30 bits per heavy atom. The Hall–Kier alpha value is -1.31. The molecule has 0 unspecified atom stereocenters. The lowest BCUT2D eigenvalue weighted by molar-refractivity contribution is -0.144. The lowest BCUT2D eigenvalue weighted by atomic mass is 10.2. The van der Waals surface area contributed by atoms with E-state index in [1.807, 2.05) is 13.1 Å². The summed E-state index contributed by atoms with van der Waals surface area (Å²) in [5.41, 5.74) is 1.29. The van der Waals surface area contributed by atoms with E-state index in [1.165, 1.54) is 27.6 Å². The van der Waals surface area contributed by atoms with Gasteiger partial charge in [-0.2, -0.15) is 0 Å². The first kappa shape index (κ1) is 16.5. The molecule has 0 N–H and O–H groups in total. The number of ether oxygens (including phenoxy) is 1. The first-order valence-electron chi connectivity index (χ1n) is 7.74. The van der Waals surface area contributed by atoms with Crippen LogP contribution in [-0.4, -0.2) is 65.1 Å². The van der Waals surface area contributed by atoms with E-state index in [-0.39, 0.29) is 5.97 Å². The molecule has 3 heterocycles. The molecule has 1 aromatic rings. The minimum Gasteiger partial charge on any atom is -0.465 e. The molecule has 0 amide bonds. The molecule has 1 saturated heterocycles. The highest BCUT2D eigenvalue weighted by atomic mass is 35.5. The number of nitrogens with zero attached hydrogens (tertiary/aromatic N) is 4. The summed E-state index contributed by atoms with van der Waals surface area (Å²) >= 11 is 7.45. The number of carbonyl (C=O) groups excluding carboxylic acids is 1. The summed E-state index contributed by atoms with van der Waals surface area (Å²) in [4.78, 5) is 23.8. The van der Waals surface area contributed by atoms with Crippen molar-refractivity contribution in [2.45, 2.75) is 20.4 Å². The van der Waals surface area contributed by atoms with Crippen LogP contribution >= 0.6 is 22.9 Å². The molecule has 0 radical (unpaired) electrons. The van der Waals surface area contributed by atoms with E-state index in [1.54, 1.807) is 0 Å². The highest BCUT2D eigenvalue weighted by Crippen LogP contribution is 2.29. The van der Waals surface area contributed by atoms with Crippen molar-refractivity contribution in [2.24, 2.45) is 0 Å². The predicted molar refractivity (Wildman–Crippen MR) is 90.0 cm³/mol. The number of halogens is 1. The standard InChI is InChI=1S/C15H21ClN4O2S/c1-3-22-13(21)9-18-7-11(2)14-19(4-5-20(14)10-18)8-12-6-17-15(16)23-12/h6H,3-5,7-10H2,1-2H3. The van der Waals surface area contributed by atoms with Gasteiger partial charge in [-0.25, -0.2) is 4.98 Å². The Morgan fingerprint density at radius 1 is 1.48 bits per heavy atom. The van der Waals surface area contributed by atoms with E-state index in [2.05, 4.69) is 26.6 Å². The molecule has 0 aromatic carbocycles. The van der Waals surface area contributed by atoms with E-state index in [0.717, 1.165) is 32.8 Å². The van der Waals surface area contributed by atoms with Crippen LogP contribution in [0.3, 0.4) is 0 Å². The molecule has 0 atom stereocenters. The van der Waals surface area contributed by atoms with Crippen LogP contribution in [0.25, 0.3) is 0 Å². The molecule has 0 bridgehead atoms. The number of hydrogen-bond acceptors (Lipinski definition) is 7. The molecule has 0 saturated carbocycles. The third-order valence-electron chi connectivity index (χ3n) is 3.98. The summed E-state index contributed by atoms with van der Waals surface area (Å²) < 4.78 is 5.64. The minimum atomic E-state index is -0.154. The van der Waals surface area contributed by atoms with Crippen molar-refractivity contribution in [3.63, 3.8) is 0 Å². The second-order valence-electron chi connectivity index (χ2n) is 5.80. The van der Waals surface area contributed by atoms with E-state index in [4.69, 9.17) is 16.3 Å². The fraction of sp³-hybridized carbons (Fsp3) is 0.600. The number of esters is 1. The average molecular weight is 357 g/mol. The lowest BCUT2D eigenvalue weighted by Gasteiger charge is -2.37. The first-order valence-corrected chi connectivity index (χ1v) is 8.94. The second kappa shape index (κ2) is 7.07. The fourth-order valence-corrected chi connectivity index (χ4v) is 4.22. The Bertz CT molecular complexity index is 618. The molecule has 2 aliphatic heterocycles. The Kier molecular flexibility index (Phi) is 5.08. The van der Waals surface area contributed by atoms with Gasteiger partial charge in [-0.1, -0.05) is 11.6 Å². The summed E-state index contributed by atoms with van der Waals surface area (Å²) in [5.74, 6) is 1.13. The highest BCUT2D eigenvalue weighted by molar-refractivity contribution is 7.15. The van der Waals surface area contributed by atoms with Gasteiger partial charge in [0.15, 0.2) is 4.47 Å². The molecular formula is C15H21ClN4O2S. The zero-order valence-electron chi connectivity index (χ0n) is 13.4. The molecule has 6 nitrogen and oxygen atoms in total. The Balaban J connectivity index is 1.66. The molecule has 0 aliphatic carbocycles. The van der Waals surface area contributed by atoms with Gasteiger partial charge in [-0.15, -0.1) is 11.3 Å². The van der Waals surface area contributed by atoms with Crippen molar-refractivity contribution >= 4 is 28.9 Å². The monoisotopic (exact) mass is 356 g/mol. The van der Waals surface area contributed by atoms with Crippen molar-refractivity contribution in [1.29, 1.82) is 0 Å². The smallest absolute Gasteiger partial charge is 0.320 e. The van der Waals surface area contributed by atoms with Crippen molar-refractivity contribution in [2.75, 3.05) is 39.5 Å². The Morgan fingerprint density at radius 3 is 3.00 bits per heavy atom. The topological polar surface area (TPSA) is 48.9 Å². The van der Waals surface area contributed by atoms with Crippen LogP contribution in [0.4, 0.5) is 0 Å². The van der Waals surface area contributed by atoms with E-state index >= 15 is 0 Å². The van der Waals surface area contributed by atoms with Crippen LogP contribution in [0.1, 0.15) is 18.7 Å². The minimum absolute atomic E-state index is 0.154. The number of thiazole rings is 1. The van der Waals surface area contributed by atoms with Gasteiger partial charge in [0.05, 0.1) is 26.4 Å². The van der Waals surface area contributed by atoms with Gasteiger partial charge in [0.25, 0.3) is 0 Å². The zero-order chi connectivity index (χ0) is 16.4. The SMILES string of the molecule is CCOC(=O)CN1CC(C)=C2N(Cc3cnc(Cl)s3)CCN2C1. The fourth-order valence-electron chi connectivity index (χ4n) is 3.22. The lowest BCUT2D eigenvalue weighted by Crippen LogP contribution is -2.45. The molecule has 126 valence electrons. The van der Waals surface area contributed by atoms with Crippen LogP contribution in [0, 0.1) is 0 Å². The van der Waals surface area contributed by atoms with Crippen molar-refractivity contribution in [3.8, 4) is 0 Å². The van der Waals surface area contributed by atoms with Gasteiger partial charge in [0.1, 0.15) is 5.82 Å². The van der Waals surface area contributed by atoms with Crippen LogP contribution in [0.5, 0.6) is 0 Å². The maximum absolute atomic E-state index is 11.7. The van der Waals surface area contributed by atoms with Crippen molar-refractivity contribution < 1.29 is 9.53 Å². The number of carbonyl (C=O) groups is 1. The summed E-state index contributed by atoms with van der Waals surface area (Å²) in [6.45, 7) is 9.11. The van der Waals surface area contributed by atoms with Gasteiger partial charge < -0.3 is 14.5 Å². The quantitative estimate of drug-likeness (QED) is 0.752. The average Bonchev–Trinajstić information content (AvgIpc) is 3.06. The van der Waals surface area contributed by atoms with Crippen molar-refractivity contribution in [3.05, 3.63) is 26.9 Å². The summed E-state index contributed by atoms with van der Waals surface area (Å²) in [5, 5.41) is 0. The second-order valence-corrected chi connectivity index (χ2v) is 7.50. The number of aromatic nitrogens is 1. The van der Waals surface area contributed by atoms with Crippen LogP contribution in [0.15, 0.2) is 17.6 Å². The van der Waals surface area contributed by atoms with E-state index in [9.17, 15) is 4.79 Å². The summed E-state index contributed by atoms with van der Waals surface area (Å²) in [7, 11) is 0. The van der Waals surface area contributed by atoms with Gasteiger partial charge >= 0.3 is 5.97 Å². The third-order valence-corrected chi connectivity index (χ3v) is 5.08. The molecule has 23 heavy (non-hydrogen) atoms. The molecule has 0 spiro atoms. The summed E-state index contributed by atoms with van der Waals surface area (Å²) in [6.07, 6.45) is 1.85. The van der Waals surface area contributed by atoms with Gasteiger partial charge in [-0.3, -0.25) is 9.69 Å². The predicted octanol–water partition coefficient (Wildman–Crippen LogP) is 1.98. The van der Waals surface area contributed by atoms with Crippen LogP contribution in [-0.2, 0) is 16.1 Å². The maximum Gasteiger partial charge on any atom is 0.320 e. The summed E-state index contributed by atoms with van der Waals surface area (Å²) in [6, 6.07) is 0. The highest BCUT2D eigenvalue weighted by Gasteiger charge is 2.32. The van der Waals surface area contributed by atoms with Gasteiger partial charge in [0.2, 0.25) is 0 Å². The molecule has 8 heteroatoms. The van der Waals surface area contributed by atoms with E-state index in [0.29, 0.717) is 17.6 Å². The largest absolute Gasteiger partial charge is 0.465 e. The van der Waals surface area contributed by atoms with E-state index < -0.39 is 0 Å². The molecular weight excluding hydrogens is 336 g/mol. The molecule has 2 aliphatic rings. The third kappa shape index (κ3) is 3.79.